The van der Waals surface area contributed by atoms with Crippen LogP contribution in [-0.2, 0) is 27.8 Å². The molecule has 1 aromatic carbocycles. The fourth-order valence-corrected chi connectivity index (χ4v) is 6.96. The largest absolute Gasteiger partial charge is 0.376 e. The van der Waals surface area contributed by atoms with Crippen LogP contribution in [0.5, 0.6) is 0 Å². The maximum atomic E-state index is 12.9. The van der Waals surface area contributed by atoms with Crippen molar-refractivity contribution in [3.63, 3.8) is 0 Å². The standard InChI is InChI=1S/C22H29N3O4S2/c1-17-15-24(10-11-29-17)16-19-6-4-5-18(13-19)14-23-22(26)21-20(7-12-30-21)31(27,28)25-8-2-3-9-25/h4-7,12-13,17H,2-3,8-11,14-16H2,1H3,(H,23,26). The fourth-order valence-electron chi connectivity index (χ4n) is 4.13. The monoisotopic (exact) mass is 463 g/mol. The summed E-state index contributed by atoms with van der Waals surface area (Å²) in [7, 11) is -3.61. The van der Waals surface area contributed by atoms with E-state index in [-0.39, 0.29) is 21.8 Å². The molecule has 2 saturated heterocycles. The van der Waals surface area contributed by atoms with Crippen molar-refractivity contribution in [2.75, 3.05) is 32.8 Å². The third kappa shape index (κ3) is 5.35. The minimum absolute atomic E-state index is 0.118. The third-order valence-electron chi connectivity index (χ3n) is 5.69. The number of rotatable bonds is 7. The van der Waals surface area contributed by atoms with Crippen LogP contribution >= 0.6 is 11.3 Å². The van der Waals surface area contributed by atoms with Crippen LogP contribution in [0.15, 0.2) is 40.6 Å². The zero-order chi connectivity index (χ0) is 21.8. The first kappa shape index (κ1) is 22.4. The second kappa shape index (κ2) is 9.79. The fraction of sp³-hybridized carbons (Fsp3) is 0.500. The summed E-state index contributed by atoms with van der Waals surface area (Å²) in [5.41, 5.74) is 2.18. The molecule has 1 amide bonds. The SMILES string of the molecule is CC1CN(Cc2cccc(CNC(=O)c3sccc3S(=O)(=O)N3CCCC3)c2)CCO1. The molecule has 4 rings (SSSR count). The number of amides is 1. The second-order valence-electron chi connectivity index (χ2n) is 8.14. The molecule has 1 atom stereocenters. The number of morpholine rings is 1. The number of carbonyl (C=O) groups is 1. The van der Waals surface area contributed by atoms with E-state index < -0.39 is 10.0 Å². The van der Waals surface area contributed by atoms with Crippen LogP contribution in [0.4, 0.5) is 0 Å². The molecule has 168 valence electrons. The number of nitrogens with zero attached hydrogens (tertiary/aromatic N) is 2. The Balaban J connectivity index is 1.39. The summed E-state index contributed by atoms with van der Waals surface area (Å²) in [6, 6.07) is 9.69. The van der Waals surface area contributed by atoms with E-state index in [1.165, 1.54) is 27.3 Å². The van der Waals surface area contributed by atoms with Gasteiger partial charge in [-0.15, -0.1) is 11.3 Å². The van der Waals surface area contributed by atoms with Crippen LogP contribution in [0.25, 0.3) is 0 Å². The maximum absolute atomic E-state index is 12.9. The molecule has 2 aromatic rings. The van der Waals surface area contributed by atoms with Crippen LogP contribution in [-0.4, -0.2) is 62.4 Å². The Hall–Kier alpha value is -1.78. The summed E-state index contributed by atoms with van der Waals surface area (Å²) in [5, 5.41) is 4.57. The van der Waals surface area contributed by atoms with E-state index in [0.29, 0.717) is 19.6 Å². The van der Waals surface area contributed by atoms with Gasteiger partial charge in [-0.05, 0) is 42.3 Å². The highest BCUT2D eigenvalue weighted by Crippen LogP contribution is 2.27. The zero-order valence-corrected chi connectivity index (χ0v) is 19.4. The number of hydrogen-bond donors (Lipinski definition) is 1. The molecule has 7 nitrogen and oxygen atoms in total. The van der Waals surface area contributed by atoms with Crippen LogP contribution in [0.1, 0.15) is 40.6 Å². The number of carbonyl (C=O) groups excluding carboxylic acids is 1. The molecule has 0 spiro atoms. The molecule has 0 saturated carbocycles. The van der Waals surface area contributed by atoms with E-state index in [9.17, 15) is 13.2 Å². The smallest absolute Gasteiger partial charge is 0.263 e. The molecule has 0 aliphatic carbocycles. The van der Waals surface area contributed by atoms with E-state index in [2.05, 4.69) is 29.3 Å². The molecular formula is C22H29N3O4S2. The number of thiophene rings is 1. The van der Waals surface area contributed by atoms with Crippen LogP contribution in [0.2, 0.25) is 0 Å². The predicted molar refractivity (Wildman–Crippen MR) is 121 cm³/mol. The summed E-state index contributed by atoms with van der Waals surface area (Å²) in [5.74, 6) is -0.347. The molecule has 1 N–H and O–H groups in total. The Labute approximate surface area is 188 Å². The average Bonchev–Trinajstić information content (AvgIpc) is 3.45. The van der Waals surface area contributed by atoms with Crippen molar-refractivity contribution in [1.29, 1.82) is 0 Å². The van der Waals surface area contributed by atoms with Crippen molar-refractivity contribution < 1.29 is 17.9 Å². The summed E-state index contributed by atoms with van der Waals surface area (Å²) in [6.07, 6.45) is 1.97. The van der Waals surface area contributed by atoms with Crippen molar-refractivity contribution in [2.45, 2.75) is 43.9 Å². The molecule has 0 radical (unpaired) electrons. The molecule has 1 aromatic heterocycles. The molecule has 2 aliphatic rings. The van der Waals surface area contributed by atoms with Gasteiger partial charge in [-0.2, -0.15) is 4.31 Å². The lowest BCUT2D eigenvalue weighted by Gasteiger charge is -2.31. The highest BCUT2D eigenvalue weighted by atomic mass is 32.2. The van der Waals surface area contributed by atoms with Gasteiger partial charge in [-0.25, -0.2) is 8.42 Å². The van der Waals surface area contributed by atoms with Crippen molar-refractivity contribution >= 4 is 27.3 Å². The zero-order valence-electron chi connectivity index (χ0n) is 17.7. The minimum atomic E-state index is -3.61. The summed E-state index contributed by atoms with van der Waals surface area (Å²) in [4.78, 5) is 15.5. The Morgan fingerprint density at radius 3 is 2.74 bits per heavy atom. The number of hydrogen-bond acceptors (Lipinski definition) is 6. The first-order chi connectivity index (χ1) is 14.9. The summed E-state index contributed by atoms with van der Waals surface area (Å²) >= 11 is 1.17. The van der Waals surface area contributed by atoms with Crippen LogP contribution in [0.3, 0.4) is 0 Å². The van der Waals surface area contributed by atoms with Crippen molar-refractivity contribution in [3.05, 3.63) is 51.7 Å². The van der Waals surface area contributed by atoms with Gasteiger partial charge in [-0.1, -0.05) is 24.3 Å². The second-order valence-corrected chi connectivity index (χ2v) is 11.0. The van der Waals surface area contributed by atoms with E-state index in [4.69, 9.17) is 4.74 Å². The van der Waals surface area contributed by atoms with Gasteiger partial charge in [0.15, 0.2) is 0 Å². The lowest BCUT2D eigenvalue weighted by Crippen LogP contribution is -2.40. The number of ether oxygens (including phenoxy) is 1. The van der Waals surface area contributed by atoms with Gasteiger partial charge in [0.25, 0.3) is 5.91 Å². The molecule has 9 heteroatoms. The number of nitrogens with one attached hydrogen (secondary N) is 1. The first-order valence-corrected chi connectivity index (χ1v) is 13.0. The van der Waals surface area contributed by atoms with E-state index in [0.717, 1.165) is 44.6 Å². The topological polar surface area (TPSA) is 79.0 Å². The lowest BCUT2D eigenvalue weighted by molar-refractivity contribution is -0.0212. The number of benzene rings is 1. The van der Waals surface area contributed by atoms with Gasteiger partial charge in [0.05, 0.1) is 12.7 Å². The van der Waals surface area contributed by atoms with Gasteiger partial charge >= 0.3 is 0 Å². The van der Waals surface area contributed by atoms with Crippen LogP contribution < -0.4 is 5.32 Å². The highest BCUT2D eigenvalue weighted by molar-refractivity contribution is 7.89. The third-order valence-corrected chi connectivity index (χ3v) is 8.68. The summed E-state index contributed by atoms with van der Waals surface area (Å²) in [6.45, 7) is 6.90. The Morgan fingerprint density at radius 2 is 1.97 bits per heavy atom. The van der Waals surface area contributed by atoms with Crippen molar-refractivity contribution in [2.24, 2.45) is 0 Å². The molecule has 31 heavy (non-hydrogen) atoms. The van der Waals surface area contributed by atoms with Gasteiger partial charge < -0.3 is 10.1 Å². The highest BCUT2D eigenvalue weighted by Gasteiger charge is 2.31. The molecular weight excluding hydrogens is 434 g/mol. The van der Waals surface area contributed by atoms with Crippen molar-refractivity contribution in [1.82, 2.24) is 14.5 Å². The van der Waals surface area contributed by atoms with E-state index in [1.54, 1.807) is 5.38 Å². The van der Waals surface area contributed by atoms with Crippen LogP contribution in [0, 0.1) is 0 Å². The molecule has 2 aliphatic heterocycles. The predicted octanol–water partition coefficient (Wildman–Crippen LogP) is 2.68. The molecule has 1 unspecified atom stereocenters. The Morgan fingerprint density at radius 1 is 1.19 bits per heavy atom. The maximum Gasteiger partial charge on any atom is 0.263 e. The number of sulfonamides is 1. The first-order valence-electron chi connectivity index (χ1n) is 10.7. The Kier molecular flexibility index (Phi) is 7.08. The molecule has 3 heterocycles. The van der Waals surface area contributed by atoms with E-state index >= 15 is 0 Å². The van der Waals surface area contributed by atoms with E-state index in [1.807, 2.05) is 12.1 Å². The van der Waals surface area contributed by atoms with Crippen molar-refractivity contribution in [3.8, 4) is 0 Å². The minimum Gasteiger partial charge on any atom is -0.376 e. The van der Waals surface area contributed by atoms with Gasteiger partial charge in [0.1, 0.15) is 9.77 Å². The Bertz CT molecular complexity index is 1020. The molecule has 0 bridgehead atoms. The summed E-state index contributed by atoms with van der Waals surface area (Å²) < 4.78 is 32.9. The van der Waals surface area contributed by atoms with Gasteiger partial charge in [-0.3, -0.25) is 9.69 Å². The lowest BCUT2D eigenvalue weighted by atomic mass is 10.1. The average molecular weight is 464 g/mol. The van der Waals surface area contributed by atoms with Gasteiger partial charge in [0, 0.05) is 39.3 Å². The normalized spacial score (nSPS) is 20.7. The molecule has 2 fully saturated rings. The van der Waals surface area contributed by atoms with Gasteiger partial charge in [0.2, 0.25) is 10.0 Å². The quantitative estimate of drug-likeness (QED) is 0.683.